The lowest BCUT2D eigenvalue weighted by molar-refractivity contribution is -0.117. The number of nitrogens with one attached hydrogen (secondary N) is 2. The fraction of sp³-hybridized carbons (Fsp3) is 0.533. The van der Waals surface area contributed by atoms with Crippen molar-refractivity contribution in [1.29, 1.82) is 0 Å². The Morgan fingerprint density at radius 3 is 2.86 bits per heavy atom. The number of hydrogen-bond acceptors (Lipinski definition) is 2. The molecule has 1 aliphatic heterocycles. The largest absolute Gasteiger partial charge is 0.322 e. The molecular formula is C15H19BrClFN2O. The van der Waals surface area contributed by atoms with Gasteiger partial charge in [0.1, 0.15) is 5.82 Å². The van der Waals surface area contributed by atoms with Crippen LogP contribution in [0.1, 0.15) is 32.1 Å². The van der Waals surface area contributed by atoms with Gasteiger partial charge in [-0.1, -0.05) is 28.8 Å². The third kappa shape index (κ3) is 3.76. The number of fused-ring (bicyclic) bond motifs is 1. The fourth-order valence-electron chi connectivity index (χ4n) is 3.33. The number of carbonyl (C=O) groups excluding carboxylic acids is 1. The summed E-state index contributed by atoms with van der Waals surface area (Å²) in [6.45, 7) is 0. The van der Waals surface area contributed by atoms with Gasteiger partial charge < -0.3 is 10.6 Å². The first kappa shape index (κ1) is 16.7. The van der Waals surface area contributed by atoms with E-state index in [1.165, 1.54) is 25.3 Å². The standard InChI is InChI=1S/C15H18BrFN2O.ClH/c16-10-5-6-11(17)13(8-10)19-15(20)14-7-9-3-1-2-4-12(9)18-14;/h5-6,8-9,12,14,18H,1-4,7H2,(H,19,20);1H. The van der Waals surface area contributed by atoms with Crippen LogP contribution in [0.4, 0.5) is 10.1 Å². The molecule has 3 atom stereocenters. The number of anilines is 1. The van der Waals surface area contributed by atoms with Crippen LogP contribution < -0.4 is 10.6 Å². The maximum Gasteiger partial charge on any atom is 0.241 e. The Labute approximate surface area is 138 Å². The van der Waals surface area contributed by atoms with E-state index in [0.717, 1.165) is 17.3 Å². The van der Waals surface area contributed by atoms with Gasteiger partial charge in [0.05, 0.1) is 11.7 Å². The van der Waals surface area contributed by atoms with Crippen molar-refractivity contribution in [2.45, 2.75) is 44.2 Å². The van der Waals surface area contributed by atoms with Gasteiger partial charge >= 0.3 is 0 Å². The summed E-state index contributed by atoms with van der Waals surface area (Å²) in [5.74, 6) is 0.0696. The summed E-state index contributed by atoms with van der Waals surface area (Å²) in [6.07, 6.45) is 5.72. The van der Waals surface area contributed by atoms with Crippen LogP contribution in [-0.2, 0) is 4.79 Å². The smallest absolute Gasteiger partial charge is 0.241 e. The van der Waals surface area contributed by atoms with E-state index in [1.54, 1.807) is 12.1 Å². The van der Waals surface area contributed by atoms with Gasteiger partial charge in [-0.3, -0.25) is 4.79 Å². The van der Waals surface area contributed by atoms with Gasteiger partial charge in [-0.05, 0) is 43.4 Å². The summed E-state index contributed by atoms with van der Waals surface area (Å²) in [6, 6.07) is 4.83. The van der Waals surface area contributed by atoms with E-state index in [4.69, 9.17) is 0 Å². The molecule has 116 valence electrons. The predicted octanol–water partition coefficient (Wildman–Crippen LogP) is 3.87. The van der Waals surface area contributed by atoms with Crippen LogP contribution in [0.3, 0.4) is 0 Å². The zero-order chi connectivity index (χ0) is 14.1. The molecule has 3 rings (SSSR count). The highest BCUT2D eigenvalue weighted by Gasteiger charge is 2.38. The number of hydrogen-bond donors (Lipinski definition) is 2. The molecule has 1 amide bonds. The van der Waals surface area contributed by atoms with Crippen molar-refractivity contribution in [3.05, 3.63) is 28.5 Å². The maximum absolute atomic E-state index is 13.7. The Morgan fingerprint density at radius 2 is 2.10 bits per heavy atom. The molecular weight excluding hydrogens is 359 g/mol. The Balaban J connectivity index is 0.00000161. The molecule has 21 heavy (non-hydrogen) atoms. The molecule has 0 radical (unpaired) electrons. The minimum absolute atomic E-state index is 0. The molecule has 3 nitrogen and oxygen atoms in total. The normalized spacial score (nSPS) is 27.6. The molecule has 1 saturated heterocycles. The number of rotatable bonds is 2. The summed E-state index contributed by atoms with van der Waals surface area (Å²) < 4.78 is 14.4. The Bertz CT molecular complexity index is 514. The average Bonchev–Trinajstić information content (AvgIpc) is 2.87. The molecule has 2 N–H and O–H groups in total. The summed E-state index contributed by atoms with van der Waals surface area (Å²) in [7, 11) is 0. The topological polar surface area (TPSA) is 41.1 Å². The highest BCUT2D eigenvalue weighted by Crippen LogP contribution is 2.33. The molecule has 1 saturated carbocycles. The lowest BCUT2D eigenvalue weighted by Gasteiger charge is -2.24. The molecule has 1 aromatic rings. The first-order valence-electron chi connectivity index (χ1n) is 7.15. The van der Waals surface area contributed by atoms with Crippen molar-refractivity contribution in [2.75, 3.05) is 5.32 Å². The molecule has 0 aromatic heterocycles. The van der Waals surface area contributed by atoms with E-state index < -0.39 is 5.82 Å². The summed E-state index contributed by atoms with van der Waals surface area (Å²) >= 11 is 3.29. The highest BCUT2D eigenvalue weighted by atomic mass is 79.9. The van der Waals surface area contributed by atoms with E-state index >= 15 is 0 Å². The molecule has 1 aliphatic carbocycles. The monoisotopic (exact) mass is 376 g/mol. The molecule has 1 aromatic carbocycles. The van der Waals surface area contributed by atoms with Gasteiger partial charge in [-0.15, -0.1) is 12.4 Å². The van der Waals surface area contributed by atoms with Crippen LogP contribution >= 0.6 is 28.3 Å². The van der Waals surface area contributed by atoms with Crippen LogP contribution in [0.25, 0.3) is 0 Å². The average molecular weight is 378 g/mol. The summed E-state index contributed by atoms with van der Waals surface area (Å²) in [5.41, 5.74) is 0.237. The predicted molar refractivity (Wildman–Crippen MR) is 87.3 cm³/mol. The second kappa shape index (κ2) is 7.07. The Morgan fingerprint density at radius 1 is 1.33 bits per heavy atom. The van der Waals surface area contributed by atoms with E-state index in [2.05, 4.69) is 26.6 Å². The third-order valence-electron chi connectivity index (χ3n) is 4.37. The van der Waals surface area contributed by atoms with Crippen molar-refractivity contribution >= 4 is 39.9 Å². The fourth-order valence-corrected chi connectivity index (χ4v) is 3.70. The van der Waals surface area contributed by atoms with Crippen LogP contribution in [-0.4, -0.2) is 18.0 Å². The van der Waals surface area contributed by atoms with Crippen molar-refractivity contribution < 1.29 is 9.18 Å². The second-order valence-electron chi connectivity index (χ2n) is 5.72. The Kier molecular flexibility index (Phi) is 5.63. The zero-order valence-corrected chi connectivity index (χ0v) is 14.0. The number of halogens is 3. The first-order chi connectivity index (χ1) is 9.63. The SMILES string of the molecule is Cl.O=C(Nc1cc(Br)ccc1F)C1CC2CCCCC2N1. The molecule has 2 fully saturated rings. The highest BCUT2D eigenvalue weighted by molar-refractivity contribution is 9.10. The summed E-state index contributed by atoms with van der Waals surface area (Å²) in [5, 5.41) is 6.10. The zero-order valence-electron chi connectivity index (χ0n) is 11.6. The van der Waals surface area contributed by atoms with Crippen molar-refractivity contribution in [2.24, 2.45) is 5.92 Å². The second-order valence-corrected chi connectivity index (χ2v) is 6.64. The Hall–Kier alpha value is -0.650. The molecule has 3 unspecified atom stereocenters. The van der Waals surface area contributed by atoms with Crippen molar-refractivity contribution in [1.82, 2.24) is 5.32 Å². The summed E-state index contributed by atoms with van der Waals surface area (Å²) in [4.78, 5) is 12.3. The van der Waals surface area contributed by atoms with Crippen LogP contribution in [0.15, 0.2) is 22.7 Å². The number of carbonyl (C=O) groups is 1. The molecule has 1 heterocycles. The minimum atomic E-state index is -0.406. The van der Waals surface area contributed by atoms with Gasteiger partial charge in [0.2, 0.25) is 5.91 Å². The van der Waals surface area contributed by atoms with E-state index in [-0.39, 0.29) is 30.0 Å². The van der Waals surface area contributed by atoms with E-state index in [9.17, 15) is 9.18 Å². The lowest BCUT2D eigenvalue weighted by atomic mass is 9.85. The number of amides is 1. The first-order valence-corrected chi connectivity index (χ1v) is 7.95. The van der Waals surface area contributed by atoms with Crippen LogP contribution in [0.2, 0.25) is 0 Å². The van der Waals surface area contributed by atoms with Gasteiger partial charge in [0, 0.05) is 10.5 Å². The molecule has 0 spiro atoms. The number of benzene rings is 1. The van der Waals surface area contributed by atoms with Crippen molar-refractivity contribution in [3.8, 4) is 0 Å². The maximum atomic E-state index is 13.7. The quantitative estimate of drug-likeness (QED) is 0.821. The van der Waals surface area contributed by atoms with Gasteiger partial charge in [-0.25, -0.2) is 4.39 Å². The lowest BCUT2D eigenvalue weighted by Crippen LogP contribution is -2.40. The van der Waals surface area contributed by atoms with E-state index in [0.29, 0.717) is 12.0 Å². The molecule has 6 heteroatoms. The third-order valence-corrected chi connectivity index (χ3v) is 4.86. The van der Waals surface area contributed by atoms with Gasteiger partial charge in [0.15, 0.2) is 0 Å². The minimum Gasteiger partial charge on any atom is -0.322 e. The van der Waals surface area contributed by atoms with E-state index in [1.807, 2.05) is 0 Å². The van der Waals surface area contributed by atoms with Gasteiger partial charge in [0.25, 0.3) is 0 Å². The van der Waals surface area contributed by atoms with Crippen molar-refractivity contribution in [3.63, 3.8) is 0 Å². The molecule has 2 aliphatic rings. The van der Waals surface area contributed by atoms with Crippen LogP contribution in [0.5, 0.6) is 0 Å². The van der Waals surface area contributed by atoms with Gasteiger partial charge in [-0.2, -0.15) is 0 Å². The molecule has 0 bridgehead atoms. The van der Waals surface area contributed by atoms with Crippen LogP contribution in [0, 0.1) is 11.7 Å².